The number of nitrogens with one attached hydrogen (secondary N) is 1. The van der Waals surface area contributed by atoms with Crippen LogP contribution in [0.1, 0.15) is 25.8 Å². The van der Waals surface area contributed by atoms with Gasteiger partial charge < -0.3 is 5.32 Å². The van der Waals surface area contributed by atoms with Gasteiger partial charge >= 0.3 is 0 Å². The first-order valence-electron chi connectivity index (χ1n) is 7.15. The van der Waals surface area contributed by atoms with Gasteiger partial charge in [0.2, 0.25) is 0 Å². The van der Waals surface area contributed by atoms with Gasteiger partial charge in [-0.05, 0) is 28.9 Å². The van der Waals surface area contributed by atoms with Gasteiger partial charge in [0.15, 0.2) is 0 Å². The zero-order valence-corrected chi connectivity index (χ0v) is 13.5. The quantitative estimate of drug-likeness (QED) is 0.899. The smallest absolute Gasteiger partial charge is 0.0245 e. The molecule has 2 atom stereocenters. The van der Waals surface area contributed by atoms with Gasteiger partial charge in [0.25, 0.3) is 0 Å². The number of halogens is 1. The lowest BCUT2D eigenvalue weighted by Gasteiger charge is -2.54. The van der Waals surface area contributed by atoms with Crippen LogP contribution in [0.2, 0.25) is 0 Å². The molecule has 0 saturated carbocycles. The van der Waals surface area contributed by atoms with E-state index in [4.69, 9.17) is 0 Å². The summed E-state index contributed by atoms with van der Waals surface area (Å²) < 4.78 is 1.24. The van der Waals surface area contributed by atoms with E-state index in [0.717, 1.165) is 19.6 Å². The zero-order chi connectivity index (χ0) is 13.5. The van der Waals surface area contributed by atoms with Gasteiger partial charge in [0.05, 0.1) is 0 Å². The molecule has 1 aromatic rings. The lowest BCUT2D eigenvalue weighted by atomic mass is 9.66. The predicted molar refractivity (Wildman–Crippen MR) is 83.1 cm³/mol. The molecule has 2 aliphatic rings. The van der Waals surface area contributed by atoms with Gasteiger partial charge in [0, 0.05) is 37.2 Å². The SMILES string of the molecule is C[C@]12CNC[C@](C)(CN(Cc3ccccc3Br)C1)C2. The van der Waals surface area contributed by atoms with E-state index in [9.17, 15) is 0 Å². The summed E-state index contributed by atoms with van der Waals surface area (Å²) in [5.74, 6) is 0. The largest absolute Gasteiger partial charge is 0.316 e. The third kappa shape index (κ3) is 2.88. The van der Waals surface area contributed by atoms with Crippen LogP contribution in [0.5, 0.6) is 0 Å². The Kier molecular flexibility index (Phi) is 3.48. The second kappa shape index (κ2) is 4.87. The molecule has 104 valence electrons. The summed E-state index contributed by atoms with van der Waals surface area (Å²) >= 11 is 3.67. The fourth-order valence-corrected chi connectivity index (χ4v) is 4.57. The molecule has 2 aliphatic heterocycles. The van der Waals surface area contributed by atoms with Crippen molar-refractivity contribution in [3.8, 4) is 0 Å². The first-order valence-corrected chi connectivity index (χ1v) is 7.94. The molecule has 3 rings (SSSR count). The Bertz CT molecular complexity index is 458. The molecular weight excluding hydrogens is 300 g/mol. The molecule has 0 spiro atoms. The van der Waals surface area contributed by atoms with E-state index < -0.39 is 0 Å². The number of nitrogens with zero attached hydrogens (tertiary/aromatic N) is 1. The average Bonchev–Trinajstić information content (AvgIpc) is 2.29. The minimum atomic E-state index is 0.437. The molecule has 2 saturated heterocycles. The number of rotatable bonds is 2. The van der Waals surface area contributed by atoms with E-state index in [-0.39, 0.29) is 0 Å². The summed E-state index contributed by atoms with van der Waals surface area (Å²) in [5.41, 5.74) is 2.28. The van der Waals surface area contributed by atoms with Gasteiger partial charge in [-0.3, -0.25) is 4.90 Å². The highest BCUT2D eigenvalue weighted by molar-refractivity contribution is 9.10. The van der Waals surface area contributed by atoms with Crippen LogP contribution in [-0.4, -0.2) is 31.1 Å². The summed E-state index contributed by atoms with van der Waals surface area (Å²) in [6.45, 7) is 10.7. The number of likely N-dealkylation sites (tertiary alicyclic amines) is 1. The molecule has 0 amide bonds. The molecule has 2 bridgehead atoms. The van der Waals surface area contributed by atoms with Crippen molar-refractivity contribution >= 4 is 15.9 Å². The molecule has 0 unspecified atom stereocenters. The van der Waals surface area contributed by atoms with Gasteiger partial charge in [-0.15, -0.1) is 0 Å². The Morgan fingerprint density at radius 3 is 2.42 bits per heavy atom. The third-order valence-corrected chi connectivity index (χ3v) is 5.29. The van der Waals surface area contributed by atoms with Crippen molar-refractivity contribution in [1.29, 1.82) is 0 Å². The van der Waals surface area contributed by atoms with Crippen LogP contribution in [0.15, 0.2) is 28.7 Å². The maximum atomic E-state index is 3.67. The van der Waals surface area contributed by atoms with Crippen molar-refractivity contribution in [1.82, 2.24) is 10.2 Å². The Hall–Kier alpha value is -0.380. The molecule has 1 aromatic carbocycles. The molecule has 1 N–H and O–H groups in total. The molecule has 2 nitrogen and oxygen atoms in total. The van der Waals surface area contributed by atoms with Crippen molar-refractivity contribution in [2.45, 2.75) is 26.8 Å². The molecule has 0 radical (unpaired) electrons. The maximum absolute atomic E-state index is 3.67. The van der Waals surface area contributed by atoms with E-state index in [0.29, 0.717) is 10.8 Å². The van der Waals surface area contributed by atoms with E-state index in [1.807, 2.05) is 0 Å². The van der Waals surface area contributed by atoms with Gasteiger partial charge in [0.1, 0.15) is 0 Å². The molecular formula is C16H23BrN2. The second-order valence-corrected chi connectivity index (χ2v) is 7.99. The number of hydrogen-bond donors (Lipinski definition) is 1. The first-order chi connectivity index (χ1) is 8.98. The van der Waals surface area contributed by atoms with E-state index in [1.165, 1.54) is 29.5 Å². The molecule has 3 heteroatoms. The lowest BCUT2D eigenvalue weighted by molar-refractivity contribution is -0.0237. The van der Waals surface area contributed by atoms with Crippen LogP contribution in [0.3, 0.4) is 0 Å². The van der Waals surface area contributed by atoms with Gasteiger partial charge in [-0.2, -0.15) is 0 Å². The number of hydrogen-bond acceptors (Lipinski definition) is 2. The number of piperidine rings is 2. The number of fused-ring (bicyclic) bond motifs is 2. The van der Waals surface area contributed by atoms with Crippen molar-refractivity contribution in [2.75, 3.05) is 26.2 Å². The molecule has 2 heterocycles. The fraction of sp³-hybridized carbons (Fsp3) is 0.625. The van der Waals surface area contributed by atoms with Crippen LogP contribution >= 0.6 is 15.9 Å². The van der Waals surface area contributed by atoms with Gasteiger partial charge in [-0.1, -0.05) is 48.0 Å². The van der Waals surface area contributed by atoms with Crippen molar-refractivity contribution in [2.24, 2.45) is 10.8 Å². The van der Waals surface area contributed by atoms with E-state index >= 15 is 0 Å². The minimum Gasteiger partial charge on any atom is -0.316 e. The topological polar surface area (TPSA) is 15.3 Å². The Labute approximate surface area is 124 Å². The van der Waals surface area contributed by atoms with Crippen molar-refractivity contribution in [3.05, 3.63) is 34.3 Å². The highest BCUT2D eigenvalue weighted by Crippen LogP contribution is 2.43. The normalized spacial score (nSPS) is 35.3. The van der Waals surface area contributed by atoms with Crippen molar-refractivity contribution in [3.63, 3.8) is 0 Å². The summed E-state index contributed by atoms with van der Waals surface area (Å²) in [7, 11) is 0. The molecule has 2 fully saturated rings. The standard InChI is InChI=1S/C16H23BrN2/c1-15-8-16(2,10-18-9-15)12-19(11-15)7-13-5-3-4-6-14(13)17/h3-6,18H,7-12H2,1-2H3/t15-,16+. The molecule has 0 aliphatic carbocycles. The van der Waals surface area contributed by atoms with Crippen LogP contribution < -0.4 is 5.32 Å². The Morgan fingerprint density at radius 2 is 1.79 bits per heavy atom. The zero-order valence-electron chi connectivity index (χ0n) is 11.9. The van der Waals surface area contributed by atoms with Crippen LogP contribution in [0, 0.1) is 10.8 Å². The second-order valence-electron chi connectivity index (χ2n) is 7.14. The minimum absolute atomic E-state index is 0.437. The highest BCUT2D eigenvalue weighted by Gasteiger charge is 2.45. The third-order valence-electron chi connectivity index (χ3n) is 4.52. The van der Waals surface area contributed by atoms with E-state index in [1.54, 1.807) is 0 Å². The predicted octanol–water partition coefficient (Wildman–Crippen LogP) is 3.27. The monoisotopic (exact) mass is 322 g/mol. The average molecular weight is 323 g/mol. The summed E-state index contributed by atoms with van der Waals surface area (Å²) in [4.78, 5) is 2.64. The van der Waals surface area contributed by atoms with Crippen LogP contribution in [0.4, 0.5) is 0 Å². The number of benzene rings is 1. The molecule has 19 heavy (non-hydrogen) atoms. The molecule has 0 aromatic heterocycles. The fourth-order valence-electron chi connectivity index (χ4n) is 4.16. The Morgan fingerprint density at radius 1 is 1.16 bits per heavy atom. The summed E-state index contributed by atoms with van der Waals surface area (Å²) in [5, 5.41) is 3.63. The summed E-state index contributed by atoms with van der Waals surface area (Å²) in [6, 6.07) is 8.60. The first kappa shape index (κ1) is 13.6. The Balaban J connectivity index is 1.77. The summed E-state index contributed by atoms with van der Waals surface area (Å²) in [6.07, 6.45) is 1.36. The van der Waals surface area contributed by atoms with Gasteiger partial charge in [-0.25, -0.2) is 0 Å². The maximum Gasteiger partial charge on any atom is 0.0245 e. The van der Waals surface area contributed by atoms with Crippen LogP contribution in [0.25, 0.3) is 0 Å². The van der Waals surface area contributed by atoms with E-state index in [2.05, 4.69) is 64.3 Å². The highest BCUT2D eigenvalue weighted by atomic mass is 79.9. The van der Waals surface area contributed by atoms with Crippen LogP contribution in [-0.2, 0) is 6.54 Å². The lowest BCUT2D eigenvalue weighted by Crippen LogP contribution is -2.60. The van der Waals surface area contributed by atoms with Crippen molar-refractivity contribution < 1.29 is 0 Å².